The van der Waals surface area contributed by atoms with Crippen LogP contribution < -0.4 is 9.80 Å². The molecule has 0 saturated heterocycles. The molecule has 3 rings (SSSR count). The van der Waals surface area contributed by atoms with Gasteiger partial charge in [-0.2, -0.15) is 0 Å². The van der Waals surface area contributed by atoms with Crippen LogP contribution in [0.1, 0.15) is 18.1 Å². The van der Waals surface area contributed by atoms with Crippen molar-refractivity contribution in [2.75, 3.05) is 16.8 Å². The maximum absolute atomic E-state index is 6.20. The van der Waals surface area contributed by atoms with Gasteiger partial charge in [0, 0.05) is 19.5 Å². The molecule has 0 radical (unpaired) electrons. The largest absolute Gasteiger partial charge is 0.353 e. The molecular weight excluding hydrogens is 339 g/mol. The molecule has 0 saturated carbocycles. The van der Waals surface area contributed by atoms with Gasteiger partial charge in [0.05, 0.1) is 27.6 Å². The summed E-state index contributed by atoms with van der Waals surface area (Å²) in [5, 5.41) is 1.18. The predicted octanol–water partition coefficient (Wildman–Crippen LogP) is 5.53. The first-order valence-corrected chi connectivity index (χ1v) is 8.42. The molecular formula is C17H17Cl3N2. The summed E-state index contributed by atoms with van der Waals surface area (Å²) in [5.74, 6) is 0.542. The molecule has 0 fully saturated rings. The first-order chi connectivity index (χ1) is 10.5. The second-order valence-corrected chi connectivity index (χ2v) is 6.66. The molecule has 1 aliphatic rings. The van der Waals surface area contributed by atoms with Crippen molar-refractivity contribution in [2.24, 2.45) is 0 Å². The first-order valence-electron chi connectivity index (χ1n) is 7.13. The van der Waals surface area contributed by atoms with Crippen LogP contribution in [-0.4, -0.2) is 13.2 Å². The van der Waals surface area contributed by atoms with Crippen molar-refractivity contribution in [3.05, 3.63) is 57.6 Å². The number of nitrogens with zero attached hydrogens (tertiary/aromatic N) is 2. The highest BCUT2D eigenvalue weighted by molar-refractivity contribution is 6.42. The normalized spacial score (nSPS) is 17.0. The lowest BCUT2D eigenvalue weighted by Gasteiger charge is -2.27. The number of benzene rings is 2. The smallest absolute Gasteiger partial charge is 0.0988 e. The van der Waals surface area contributed by atoms with Gasteiger partial charge in [-0.25, -0.2) is 0 Å². The fraction of sp³-hybridized carbons (Fsp3) is 0.294. The fourth-order valence-corrected chi connectivity index (χ4v) is 3.29. The molecule has 1 unspecified atom stereocenters. The third-order valence-electron chi connectivity index (χ3n) is 4.25. The van der Waals surface area contributed by atoms with Crippen LogP contribution in [0.3, 0.4) is 0 Å². The zero-order valence-electron chi connectivity index (χ0n) is 12.5. The summed E-state index contributed by atoms with van der Waals surface area (Å²) < 4.78 is 0. The monoisotopic (exact) mass is 354 g/mol. The van der Waals surface area contributed by atoms with Crippen LogP contribution in [-0.2, 0) is 12.4 Å². The molecule has 0 amide bonds. The van der Waals surface area contributed by atoms with Crippen molar-refractivity contribution in [3.63, 3.8) is 0 Å². The standard InChI is InChI=1S/C17H17Cl3N2/c1-11-21(2)16-7-14(19)15(20)8-17(16)22(11)10-13-5-3-12(9-18)4-6-13/h3-8,11H,9-10H2,1-2H3. The highest BCUT2D eigenvalue weighted by Crippen LogP contribution is 2.43. The second-order valence-electron chi connectivity index (χ2n) is 5.58. The molecule has 22 heavy (non-hydrogen) atoms. The van der Waals surface area contributed by atoms with E-state index in [1.807, 2.05) is 12.1 Å². The maximum atomic E-state index is 6.20. The quantitative estimate of drug-likeness (QED) is 0.667. The summed E-state index contributed by atoms with van der Waals surface area (Å²) in [6.07, 6.45) is 0.247. The Balaban J connectivity index is 1.92. The Labute approximate surface area is 146 Å². The SMILES string of the molecule is CC1N(C)c2cc(Cl)c(Cl)cc2N1Cc1ccc(CCl)cc1. The van der Waals surface area contributed by atoms with Gasteiger partial charge in [0.2, 0.25) is 0 Å². The molecule has 2 aromatic rings. The molecule has 5 heteroatoms. The van der Waals surface area contributed by atoms with E-state index in [0.29, 0.717) is 15.9 Å². The van der Waals surface area contributed by atoms with E-state index in [9.17, 15) is 0 Å². The average Bonchev–Trinajstić information content (AvgIpc) is 2.74. The third kappa shape index (κ3) is 2.76. The number of fused-ring (bicyclic) bond motifs is 1. The molecule has 0 spiro atoms. The van der Waals surface area contributed by atoms with E-state index in [1.54, 1.807) is 0 Å². The first kappa shape index (κ1) is 15.8. The summed E-state index contributed by atoms with van der Waals surface area (Å²) >= 11 is 18.2. The van der Waals surface area contributed by atoms with E-state index in [2.05, 4.69) is 48.0 Å². The van der Waals surface area contributed by atoms with Gasteiger partial charge in [-0.15, -0.1) is 11.6 Å². The minimum Gasteiger partial charge on any atom is -0.353 e. The van der Waals surface area contributed by atoms with Gasteiger partial charge < -0.3 is 9.80 Å². The van der Waals surface area contributed by atoms with E-state index in [1.165, 1.54) is 5.56 Å². The van der Waals surface area contributed by atoms with Gasteiger partial charge in [0.25, 0.3) is 0 Å². The van der Waals surface area contributed by atoms with Crippen LogP contribution in [0.25, 0.3) is 0 Å². The number of alkyl halides is 1. The molecule has 0 N–H and O–H groups in total. The lowest BCUT2D eigenvalue weighted by molar-refractivity contribution is 0.656. The second kappa shape index (κ2) is 6.19. The molecule has 116 valence electrons. The van der Waals surface area contributed by atoms with E-state index in [4.69, 9.17) is 34.8 Å². The predicted molar refractivity (Wildman–Crippen MR) is 96.5 cm³/mol. The van der Waals surface area contributed by atoms with Gasteiger partial charge in [-0.3, -0.25) is 0 Å². The lowest BCUT2D eigenvalue weighted by atomic mass is 10.1. The number of hydrogen-bond acceptors (Lipinski definition) is 2. The van der Waals surface area contributed by atoms with Crippen molar-refractivity contribution in [1.29, 1.82) is 0 Å². The van der Waals surface area contributed by atoms with E-state index < -0.39 is 0 Å². The van der Waals surface area contributed by atoms with E-state index in [0.717, 1.165) is 23.5 Å². The van der Waals surface area contributed by atoms with Gasteiger partial charge in [0.1, 0.15) is 0 Å². The summed E-state index contributed by atoms with van der Waals surface area (Å²) in [6.45, 7) is 2.99. The molecule has 1 aliphatic heterocycles. The summed E-state index contributed by atoms with van der Waals surface area (Å²) in [7, 11) is 2.07. The molecule has 1 heterocycles. The Bertz CT molecular complexity index is 685. The molecule has 0 aliphatic carbocycles. The van der Waals surface area contributed by atoms with Crippen LogP contribution in [0.5, 0.6) is 0 Å². The van der Waals surface area contributed by atoms with Crippen molar-refractivity contribution in [1.82, 2.24) is 0 Å². The van der Waals surface area contributed by atoms with Crippen LogP contribution in [0.2, 0.25) is 10.0 Å². The number of rotatable bonds is 3. The molecule has 1 atom stereocenters. The van der Waals surface area contributed by atoms with Gasteiger partial charge in [0.15, 0.2) is 0 Å². The number of halogens is 3. The van der Waals surface area contributed by atoms with Crippen molar-refractivity contribution < 1.29 is 0 Å². The van der Waals surface area contributed by atoms with Gasteiger partial charge in [-0.05, 0) is 30.2 Å². The Kier molecular flexibility index (Phi) is 4.44. The molecule has 0 bridgehead atoms. The molecule has 2 nitrogen and oxygen atoms in total. The van der Waals surface area contributed by atoms with Crippen LogP contribution in [0.4, 0.5) is 11.4 Å². The number of anilines is 2. The molecule has 2 aromatic carbocycles. The van der Waals surface area contributed by atoms with Crippen LogP contribution in [0, 0.1) is 0 Å². The average molecular weight is 356 g/mol. The van der Waals surface area contributed by atoms with Crippen molar-refractivity contribution >= 4 is 46.2 Å². The topological polar surface area (TPSA) is 6.48 Å². The Morgan fingerprint density at radius 2 is 1.50 bits per heavy atom. The van der Waals surface area contributed by atoms with Gasteiger partial charge >= 0.3 is 0 Å². The van der Waals surface area contributed by atoms with Crippen molar-refractivity contribution in [2.45, 2.75) is 25.5 Å². The Hall–Kier alpha value is -1.09. The van der Waals surface area contributed by atoms with E-state index in [-0.39, 0.29) is 6.17 Å². The van der Waals surface area contributed by atoms with Crippen molar-refractivity contribution in [3.8, 4) is 0 Å². The highest BCUT2D eigenvalue weighted by Gasteiger charge is 2.31. The minimum absolute atomic E-state index is 0.247. The summed E-state index contributed by atoms with van der Waals surface area (Å²) in [4.78, 5) is 4.54. The Morgan fingerprint density at radius 3 is 2.09 bits per heavy atom. The maximum Gasteiger partial charge on any atom is 0.0988 e. The van der Waals surface area contributed by atoms with Crippen LogP contribution >= 0.6 is 34.8 Å². The van der Waals surface area contributed by atoms with E-state index >= 15 is 0 Å². The minimum atomic E-state index is 0.247. The summed E-state index contributed by atoms with van der Waals surface area (Å²) in [6, 6.07) is 12.3. The highest BCUT2D eigenvalue weighted by atomic mass is 35.5. The van der Waals surface area contributed by atoms with Crippen LogP contribution in [0.15, 0.2) is 36.4 Å². The van der Waals surface area contributed by atoms with Gasteiger partial charge in [-0.1, -0.05) is 47.5 Å². The Morgan fingerprint density at radius 1 is 0.955 bits per heavy atom. The zero-order valence-corrected chi connectivity index (χ0v) is 14.8. The summed E-state index contributed by atoms with van der Waals surface area (Å²) in [5.41, 5.74) is 4.60. The number of hydrogen-bond donors (Lipinski definition) is 0. The lowest BCUT2D eigenvalue weighted by Crippen LogP contribution is -2.38. The zero-order chi connectivity index (χ0) is 15.9. The molecule has 0 aromatic heterocycles. The third-order valence-corrected chi connectivity index (χ3v) is 5.28. The fourth-order valence-electron chi connectivity index (χ4n) is 2.80.